The molecule has 0 bridgehead atoms. The topological polar surface area (TPSA) is 16.4 Å². The number of pyridine rings is 1. The summed E-state index contributed by atoms with van der Waals surface area (Å²) in [7, 11) is 0. The van der Waals surface area contributed by atoms with Crippen molar-refractivity contribution in [2.45, 2.75) is 51.9 Å². The molecule has 0 amide bonds. The molecule has 0 N–H and O–H groups in total. The van der Waals surface area contributed by atoms with Gasteiger partial charge in [0.15, 0.2) is 6.20 Å². The molecular weight excluding hydrogens is 284 g/mol. The number of hydrogen-bond acceptors (Lipinski definition) is 2. The van der Waals surface area contributed by atoms with Crippen LogP contribution in [0.3, 0.4) is 0 Å². The number of unbranched alkanes of at least 4 members (excludes halogenated alkanes) is 2. The van der Waals surface area contributed by atoms with Crippen molar-refractivity contribution in [3.8, 4) is 0 Å². The molecule has 2 heterocycles. The van der Waals surface area contributed by atoms with Crippen molar-refractivity contribution < 1.29 is 21.8 Å². The maximum absolute atomic E-state index is 5.47. The summed E-state index contributed by atoms with van der Waals surface area (Å²) in [6, 6.07) is 6.61. The zero-order valence-electron chi connectivity index (χ0n) is 13.4. The molecule has 1 fully saturated rings. The fourth-order valence-electron chi connectivity index (χ4n) is 3.00. The van der Waals surface area contributed by atoms with Crippen LogP contribution in [0.15, 0.2) is 24.4 Å². The van der Waals surface area contributed by atoms with Gasteiger partial charge in [-0.05, 0) is 18.9 Å². The lowest BCUT2D eigenvalue weighted by atomic mass is 9.94. The Labute approximate surface area is 135 Å². The molecule has 1 aliphatic heterocycles. The zero-order valence-corrected chi connectivity index (χ0v) is 14.2. The average molecular weight is 313 g/mol. The Kier molecular flexibility index (Phi) is 8.70. The third kappa shape index (κ3) is 5.15. The largest absolute Gasteiger partial charge is 1.00 e. The summed E-state index contributed by atoms with van der Waals surface area (Å²) in [6.45, 7) is 8.26. The van der Waals surface area contributed by atoms with Crippen LogP contribution in [0.4, 0.5) is 0 Å². The number of halogens is 1. The van der Waals surface area contributed by atoms with E-state index in [9.17, 15) is 0 Å². The highest BCUT2D eigenvalue weighted by Gasteiger charge is 2.25. The van der Waals surface area contributed by atoms with Gasteiger partial charge in [-0.3, -0.25) is 0 Å². The van der Waals surface area contributed by atoms with Crippen LogP contribution < -0.4 is 22.1 Å². The Balaban J connectivity index is 0.00000220. The van der Waals surface area contributed by atoms with Gasteiger partial charge in [-0.25, -0.2) is 0 Å². The third-order valence-electron chi connectivity index (χ3n) is 4.23. The SMILES string of the molecule is CCCCCC(CC)c1cccc[n+]1N1CCOCC1.[Cl-]. The standard InChI is InChI=1S/C17H29N2O.ClH/c1-3-5-6-9-16(4-2)17-10-7-8-11-19(17)18-12-14-20-15-13-18;/h7-8,10-11,16H,3-6,9,12-15H2,1-2H3;1H/q+1;/p-1. The van der Waals surface area contributed by atoms with Crippen molar-refractivity contribution in [3.05, 3.63) is 30.1 Å². The molecule has 3 nitrogen and oxygen atoms in total. The first-order valence-corrected chi connectivity index (χ1v) is 8.20. The van der Waals surface area contributed by atoms with Crippen LogP contribution in [0.5, 0.6) is 0 Å². The van der Waals surface area contributed by atoms with E-state index in [2.05, 4.69) is 47.9 Å². The van der Waals surface area contributed by atoms with Crippen molar-refractivity contribution in [1.82, 2.24) is 0 Å². The van der Waals surface area contributed by atoms with E-state index >= 15 is 0 Å². The van der Waals surface area contributed by atoms with Gasteiger partial charge in [0.25, 0.3) is 0 Å². The lowest BCUT2D eigenvalue weighted by Crippen LogP contribution is -3.00. The summed E-state index contributed by atoms with van der Waals surface area (Å²) in [5.41, 5.74) is 1.47. The maximum atomic E-state index is 5.47. The highest BCUT2D eigenvalue weighted by atomic mass is 35.5. The molecule has 1 saturated heterocycles. The van der Waals surface area contributed by atoms with Gasteiger partial charge in [0.1, 0.15) is 0 Å². The van der Waals surface area contributed by atoms with E-state index < -0.39 is 0 Å². The van der Waals surface area contributed by atoms with E-state index in [-0.39, 0.29) is 12.4 Å². The van der Waals surface area contributed by atoms with Crippen molar-refractivity contribution in [1.29, 1.82) is 0 Å². The van der Waals surface area contributed by atoms with Crippen LogP contribution in [-0.2, 0) is 4.74 Å². The predicted molar refractivity (Wildman–Crippen MR) is 82.6 cm³/mol. The van der Waals surface area contributed by atoms with Gasteiger partial charge in [0.05, 0.1) is 26.3 Å². The summed E-state index contributed by atoms with van der Waals surface area (Å²) >= 11 is 0. The first-order valence-electron chi connectivity index (χ1n) is 8.20. The van der Waals surface area contributed by atoms with E-state index in [1.807, 2.05) is 0 Å². The molecule has 0 aliphatic carbocycles. The normalized spacial score (nSPS) is 16.4. The third-order valence-corrected chi connectivity index (χ3v) is 4.23. The Morgan fingerprint density at radius 2 is 1.95 bits per heavy atom. The molecule has 1 atom stereocenters. The molecule has 1 aromatic heterocycles. The van der Waals surface area contributed by atoms with Crippen LogP contribution in [0.25, 0.3) is 0 Å². The van der Waals surface area contributed by atoms with Gasteiger partial charge in [-0.1, -0.05) is 37.8 Å². The monoisotopic (exact) mass is 312 g/mol. The average Bonchev–Trinajstić information content (AvgIpc) is 2.53. The fraction of sp³-hybridized carbons (Fsp3) is 0.706. The van der Waals surface area contributed by atoms with Gasteiger partial charge < -0.3 is 17.1 Å². The van der Waals surface area contributed by atoms with E-state index in [1.54, 1.807) is 0 Å². The van der Waals surface area contributed by atoms with E-state index in [0.717, 1.165) is 26.3 Å². The molecule has 0 spiro atoms. The second kappa shape index (κ2) is 10.0. The molecule has 1 aliphatic rings. The van der Waals surface area contributed by atoms with Crippen molar-refractivity contribution >= 4 is 0 Å². The molecule has 0 saturated carbocycles. The summed E-state index contributed by atoms with van der Waals surface area (Å²) in [6.07, 6.45) is 8.72. The number of ether oxygens (including phenoxy) is 1. The molecule has 4 heteroatoms. The Morgan fingerprint density at radius 1 is 1.19 bits per heavy atom. The number of aromatic nitrogens is 1. The Morgan fingerprint density at radius 3 is 2.62 bits per heavy atom. The minimum Gasteiger partial charge on any atom is -1.00 e. The predicted octanol–water partition coefficient (Wildman–Crippen LogP) is 0.0202. The summed E-state index contributed by atoms with van der Waals surface area (Å²) in [5.74, 6) is 0.672. The molecule has 21 heavy (non-hydrogen) atoms. The number of hydrogen-bond donors (Lipinski definition) is 0. The van der Waals surface area contributed by atoms with Crippen molar-refractivity contribution in [3.63, 3.8) is 0 Å². The summed E-state index contributed by atoms with van der Waals surface area (Å²) < 4.78 is 7.85. The smallest absolute Gasteiger partial charge is 0.214 e. The van der Waals surface area contributed by atoms with Gasteiger partial charge in [0.2, 0.25) is 5.69 Å². The molecular formula is C17H29ClN2O. The lowest BCUT2D eigenvalue weighted by Gasteiger charge is -2.25. The number of nitrogens with zero attached hydrogens (tertiary/aromatic N) is 2. The maximum Gasteiger partial charge on any atom is 0.214 e. The van der Waals surface area contributed by atoms with Gasteiger partial charge in [0, 0.05) is 18.1 Å². The summed E-state index contributed by atoms with van der Waals surface area (Å²) in [5, 5.41) is 2.42. The van der Waals surface area contributed by atoms with Gasteiger partial charge >= 0.3 is 0 Å². The number of rotatable bonds is 7. The number of morpholine rings is 1. The van der Waals surface area contributed by atoms with Gasteiger partial charge in [-0.2, -0.15) is 5.01 Å². The summed E-state index contributed by atoms with van der Waals surface area (Å²) in [4.78, 5) is 0. The first-order chi connectivity index (χ1) is 9.86. The van der Waals surface area contributed by atoms with Crippen molar-refractivity contribution in [2.75, 3.05) is 31.3 Å². The van der Waals surface area contributed by atoms with E-state index in [0.29, 0.717) is 5.92 Å². The molecule has 0 radical (unpaired) electrons. The highest BCUT2D eigenvalue weighted by molar-refractivity contribution is 5.04. The minimum atomic E-state index is 0. The Hall–Kier alpha value is -0.800. The van der Waals surface area contributed by atoms with Crippen LogP contribution in [-0.4, -0.2) is 26.3 Å². The van der Waals surface area contributed by atoms with E-state index in [1.165, 1.54) is 37.8 Å². The first kappa shape index (κ1) is 18.2. The second-order valence-corrected chi connectivity index (χ2v) is 5.64. The van der Waals surface area contributed by atoms with Gasteiger partial charge in [-0.15, -0.1) is 0 Å². The molecule has 120 valence electrons. The fourth-order valence-corrected chi connectivity index (χ4v) is 3.00. The van der Waals surface area contributed by atoms with Crippen LogP contribution in [0.1, 0.15) is 57.6 Å². The second-order valence-electron chi connectivity index (χ2n) is 5.64. The van der Waals surface area contributed by atoms with Crippen LogP contribution in [0.2, 0.25) is 0 Å². The minimum absolute atomic E-state index is 0. The molecule has 1 aromatic rings. The van der Waals surface area contributed by atoms with Crippen molar-refractivity contribution in [2.24, 2.45) is 0 Å². The molecule has 1 unspecified atom stereocenters. The lowest BCUT2D eigenvalue weighted by molar-refractivity contribution is -0.703. The molecule has 0 aromatic carbocycles. The highest BCUT2D eigenvalue weighted by Crippen LogP contribution is 2.23. The Bertz CT molecular complexity index is 394. The van der Waals surface area contributed by atoms with E-state index in [4.69, 9.17) is 4.74 Å². The quantitative estimate of drug-likeness (QED) is 0.521. The van der Waals surface area contributed by atoms with Crippen LogP contribution in [0, 0.1) is 0 Å². The molecule has 2 rings (SSSR count). The van der Waals surface area contributed by atoms with Crippen LogP contribution >= 0.6 is 0 Å². The zero-order chi connectivity index (χ0) is 14.2.